The molecule has 0 aliphatic rings. The molecule has 0 radical (unpaired) electrons. The second-order valence-corrected chi connectivity index (χ2v) is 4.11. The van der Waals surface area contributed by atoms with E-state index >= 15 is 0 Å². The summed E-state index contributed by atoms with van der Waals surface area (Å²) in [5.74, 6) is 1.93. The molecule has 0 saturated heterocycles. The highest BCUT2D eigenvalue weighted by atomic mass is 79.9. The molecule has 0 unspecified atom stereocenters. The van der Waals surface area contributed by atoms with Crippen molar-refractivity contribution in [3.05, 3.63) is 28.2 Å². The largest absolute Gasteiger partial charge is 0.497 e. The van der Waals surface area contributed by atoms with E-state index in [1.54, 1.807) is 7.11 Å². The Kier molecular flexibility index (Phi) is 3.95. The second kappa shape index (κ2) is 4.77. The fourth-order valence-electron chi connectivity index (χ4n) is 0.928. The summed E-state index contributed by atoms with van der Waals surface area (Å²) < 4.78 is 6.21. The zero-order valence-electron chi connectivity index (χ0n) is 7.13. The Hall–Kier alpha value is -0.150. The topological polar surface area (TPSA) is 9.23 Å². The Bertz CT molecular complexity index is 263. The van der Waals surface area contributed by atoms with E-state index in [1.807, 2.05) is 23.9 Å². The summed E-state index contributed by atoms with van der Waals surface area (Å²) in [5.41, 5.74) is 1.31. The van der Waals surface area contributed by atoms with E-state index in [1.165, 1.54) is 5.56 Å². The lowest BCUT2D eigenvalue weighted by Crippen LogP contribution is -1.86. The first-order valence-corrected chi connectivity index (χ1v) is 5.78. The molecular formula is C9H11BrOS. The van der Waals surface area contributed by atoms with Gasteiger partial charge in [0.25, 0.3) is 0 Å². The number of methoxy groups -OCH3 is 1. The highest BCUT2D eigenvalue weighted by Crippen LogP contribution is 2.25. The van der Waals surface area contributed by atoms with Gasteiger partial charge in [0.1, 0.15) is 5.75 Å². The highest BCUT2D eigenvalue weighted by Gasteiger charge is 1.99. The monoisotopic (exact) mass is 246 g/mol. The third-order valence-corrected chi connectivity index (χ3v) is 2.90. The summed E-state index contributed by atoms with van der Waals surface area (Å²) in [6, 6.07) is 6.06. The van der Waals surface area contributed by atoms with Gasteiger partial charge in [0.05, 0.1) is 7.11 Å². The van der Waals surface area contributed by atoms with Crippen LogP contribution in [0.1, 0.15) is 5.56 Å². The second-order valence-electron chi connectivity index (χ2n) is 2.39. The van der Waals surface area contributed by atoms with Crippen molar-refractivity contribution in [3.8, 4) is 5.75 Å². The fraction of sp³-hybridized carbons (Fsp3) is 0.333. The number of thioether (sulfide) groups is 1. The molecule has 12 heavy (non-hydrogen) atoms. The minimum absolute atomic E-state index is 0.895. The predicted octanol–water partition coefficient (Wildman–Crippen LogP) is 3.32. The molecule has 1 nitrogen and oxygen atoms in total. The van der Waals surface area contributed by atoms with Crippen LogP contribution in [0.4, 0.5) is 0 Å². The molecule has 0 aliphatic carbocycles. The van der Waals surface area contributed by atoms with Crippen LogP contribution >= 0.6 is 27.7 Å². The van der Waals surface area contributed by atoms with Crippen molar-refractivity contribution in [1.82, 2.24) is 0 Å². The standard InChI is InChI=1S/C9H11BrOS/c1-11-8-4-3-7(6-12-2)9(10)5-8/h3-5H,6H2,1-2H3. The van der Waals surface area contributed by atoms with Gasteiger partial charge in [0, 0.05) is 10.2 Å². The van der Waals surface area contributed by atoms with Crippen molar-refractivity contribution < 1.29 is 4.74 Å². The van der Waals surface area contributed by atoms with Crippen LogP contribution in [0.25, 0.3) is 0 Å². The zero-order valence-corrected chi connectivity index (χ0v) is 9.54. The minimum atomic E-state index is 0.895. The maximum absolute atomic E-state index is 5.09. The molecule has 0 amide bonds. The molecule has 1 aromatic rings. The van der Waals surface area contributed by atoms with Gasteiger partial charge in [0.15, 0.2) is 0 Å². The van der Waals surface area contributed by atoms with Crippen LogP contribution in [0.2, 0.25) is 0 Å². The maximum Gasteiger partial charge on any atom is 0.120 e. The van der Waals surface area contributed by atoms with Crippen LogP contribution in [0.3, 0.4) is 0 Å². The van der Waals surface area contributed by atoms with E-state index in [0.717, 1.165) is 16.0 Å². The first-order valence-electron chi connectivity index (χ1n) is 3.59. The van der Waals surface area contributed by atoms with E-state index in [4.69, 9.17) is 4.74 Å². The molecule has 0 saturated carbocycles. The van der Waals surface area contributed by atoms with Crippen LogP contribution in [0.15, 0.2) is 22.7 Å². The molecule has 0 heterocycles. The minimum Gasteiger partial charge on any atom is -0.497 e. The third kappa shape index (κ3) is 2.42. The smallest absolute Gasteiger partial charge is 0.120 e. The van der Waals surface area contributed by atoms with Gasteiger partial charge in [-0.3, -0.25) is 0 Å². The number of benzene rings is 1. The van der Waals surface area contributed by atoms with Crippen molar-refractivity contribution in [3.63, 3.8) is 0 Å². The van der Waals surface area contributed by atoms with Crippen molar-refractivity contribution in [2.45, 2.75) is 5.75 Å². The number of hydrogen-bond donors (Lipinski definition) is 0. The average Bonchev–Trinajstić information content (AvgIpc) is 2.09. The van der Waals surface area contributed by atoms with E-state index in [0.29, 0.717) is 0 Å². The number of rotatable bonds is 3. The Morgan fingerprint density at radius 3 is 2.75 bits per heavy atom. The van der Waals surface area contributed by atoms with Crippen molar-refractivity contribution >= 4 is 27.7 Å². The van der Waals surface area contributed by atoms with E-state index in [2.05, 4.69) is 28.3 Å². The van der Waals surface area contributed by atoms with E-state index < -0.39 is 0 Å². The summed E-state index contributed by atoms with van der Waals surface area (Å²) in [6.45, 7) is 0. The number of hydrogen-bond acceptors (Lipinski definition) is 2. The van der Waals surface area contributed by atoms with Crippen molar-refractivity contribution in [2.75, 3.05) is 13.4 Å². The molecular weight excluding hydrogens is 236 g/mol. The number of halogens is 1. The van der Waals surface area contributed by atoms with Gasteiger partial charge in [-0.05, 0) is 24.0 Å². The van der Waals surface area contributed by atoms with Crippen LogP contribution in [0, 0.1) is 0 Å². The Labute approximate surface area is 85.6 Å². The summed E-state index contributed by atoms with van der Waals surface area (Å²) in [5, 5.41) is 0. The van der Waals surface area contributed by atoms with Crippen LogP contribution < -0.4 is 4.74 Å². The zero-order chi connectivity index (χ0) is 8.97. The fourth-order valence-corrected chi connectivity index (χ4v) is 2.17. The molecule has 0 spiro atoms. The highest BCUT2D eigenvalue weighted by molar-refractivity contribution is 9.10. The molecule has 0 N–H and O–H groups in total. The Balaban J connectivity index is 2.87. The molecule has 0 bridgehead atoms. The summed E-state index contributed by atoms with van der Waals surface area (Å²) in [7, 11) is 1.68. The van der Waals surface area contributed by atoms with Gasteiger partial charge < -0.3 is 4.74 Å². The maximum atomic E-state index is 5.09. The molecule has 66 valence electrons. The lowest BCUT2D eigenvalue weighted by atomic mass is 10.2. The SMILES string of the molecule is COc1ccc(CSC)c(Br)c1. The first-order chi connectivity index (χ1) is 5.77. The van der Waals surface area contributed by atoms with E-state index in [-0.39, 0.29) is 0 Å². The van der Waals surface area contributed by atoms with Gasteiger partial charge in [-0.2, -0.15) is 11.8 Å². The predicted molar refractivity (Wildman–Crippen MR) is 57.9 cm³/mol. The summed E-state index contributed by atoms with van der Waals surface area (Å²) in [6.07, 6.45) is 2.09. The van der Waals surface area contributed by atoms with Gasteiger partial charge >= 0.3 is 0 Å². The molecule has 3 heteroatoms. The lowest BCUT2D eigenvalue weighted by molar-refractivity contribution is 0.414. The van der Waals surface area contributed by atoms with E-state index in [9.17, 15) is 0 Å². The molecule has 0 fully saturated rings. The van der Waals surface area contributed by atoms with Gasteiger partial charge in [-0.1, -0.05) is 22.0 Å². The quantitative estimate of drug-likeness (QED) is 0.810. The van der Waals surface area contributed by atoms with Gasteiger partial charge in [-0.25, -0.2) is 0 Å². The van der Waals surface area contributed by atoms with Crippen molar-refractivity contribution in [1.29, 1.82) is 0 Å². The Morgan fingerprint density at radius 1 is 1.50 bits per heavy atom. The van der Waals surface area contributed by atoms with Gasteiger partial charge in [0.2, 0.25) is 0 Å². The average molecular weight is 247 g/mol. The van der Waals surface area contributed by atoms with Crippen LogP contribution in [-0.4, -0.2) is 13.4 Å². The van der Waals surface area contributed by atoms with Gasteiger partial charge in [-0.15, -0.1) is 0 Å². The Morgan fingerprint density at radius 2 is 2.25 bits per heavy atom. The lowest BCUT2D eigenvalue weighted by Gasteiger charge is -2.04. The molecule has 1 rings (SSSR count). The first kappa shape index (κ1) is 9.93. The molecule has 1 aromatic carbocycles. The molecule has 0 atom stereocenters. The molecule has 0 aliphatic heterocycles. The van der Waals surface area contributed by atoms with Crippen LogP contribution in [-0.2, 0) is 5.75 Å². The molecule has 0 aromatic heterocycles. The normalized spacial score (nSPS) is 9.92. The van der Waals surface area contributed by atoms with Crippen molar-refractivity contribution in [2.24, 2.45) is 0 Å². The van der Waals surface area contributed by atoms with Crippen LogP contribution in [0.5, 0.6) is 5.75 Å². The summed E-state index contributed by atoms with van der Waals surface area (Å²) in [4.78, 5) is 0. The number of ether oxygens (including phenoxy) is 1. The third-order valence-electron chi connectivity index (χ3n) is 1.56. The summed E-state index contributed by atoms with van der Waals surface area (Å²) >= 11 is 5.31.